The highest BCUT2D eigenvalue weighted by molar-refractivity contribution is 5.62. The maximum atomic E-state index is 10.2. The van der Waals surface area contributed by atoms with Gasteiger partial charge in [0, 0.05) is 11.8 Å². The van der Waals surface area contributed by atoms with Gasteiger partial charge in [-0.05, 0) is 144 Å². The lowest BCUT2D eigenvalue weighted by Gasteiger charge is -2.31. The molecule has 41 heavy (non-hydrogen) atoms. The molecule has 208 valence electrons. The van der Waals surface area contributed by atoms with Crippen molar-refractivity contribution in [2.24, 2.45) is 0 Å². The quantitative estimate of drug-likeness (QED) is 0.162. The summed E-state index contributed by atoms with van der Waals surface area (Å²) in [7, 11) is 0. The largest absolute Gasteiger partial charge is 0.508 e. The molecule has 1 unspecified atom stereocenters. The fourth-order valence-corrected chi connectivity index (χ4v) is 6.25. The first kappa shape index (κ1) is 27.9. The Morgan fingerprint density at radius 3 is 1.07 bits per heavy atom. The fraction of sp³-hybridized carbons (Fsp3) is 0.189. The summed E-state index contributed by atoms with van der Waals surface area (Å²) in [5, 5.41) is 40.3. The van der Waals surface area contributed by atoms with Gasteiger partial charge in [-0.1, -0.05) is 42.5 Å². The first-order chi connectivity index (χ1) is 19.6. The molecule has 0 amide bonds. The van der Waals surface area contributed by atoms with Gasteiger partial charge >= 0.3 is 0 Å². The number of benzene rings is 5. The van der Waals surface area contributed by atoms with E-state index in [1.54, 1.807) is 48.5 Å². The second-order valence-corrected chi connectivity index (χ2v) is 11.0. The Labute approximate surface area is 241 Å². The number of aryl methyl sites for hydroxylation is 1. The van der Waals surface area contributed by atoms with Crippen LogP contribution in [0.2, 0.25) is 0 Å². The summed E-state index contributed by atoms with van der Waals surface area (Å²) in [5.74, 6) is 0.675. The van der Waals surface area contributed by atoms with Crippen molar-refractivity contribution in [1.82, 2.24) is 0 Å². The Bertz CT molecular complexity index is 1620. The van der Waals surface area contributed by atoms with Crippen LogP contribution < -0.4 is 0 Å². The van der Waals surface area contributed by atoms with Crippen LogP contribution >= 0.6 is 0 Å². The molecule has 4 N–H and O–H groups in total. The molecule has 0 aliphatic heterocycles. The second kappa shape index (κ2) is 11.1. The van der Waals surface area contributed by atoms with Crippen molar-refractivity contribution >= 4 is 0 Å². The number of rotatable bonds is 6. The lowest BCUT2D eigenvalue weighted by Crippen LogP contribution is -2.16. The summed E-state index contributed by atoms with van der Waals surface area (Å²) >= 11 is 0. The zero-order chi connectivity index (χ0) is 29.4. The Morgan fingerprint density at radius 1 is 0.390 bits per heavy atom. The van der Waals surface area contributed by atoms with Crippen molar-refractivity contribution in [3.05, 3.63) is 152 Å². The van der Waals surface area contributed by atoms with Crippen LogP contribution in [-0.4, -0.2) is 20.4 Å². The highest BCUT2D eigenvalue weighted by atomic mass is 16.3. The average Bonchev–Trinajstić information content (AvgIpc) is 2.95. The SMILES string of the molecule is Cc1cc(O)ccc1C(c1ccc(O)cc1)c1c(C)c(C)c(C(c2ccc(O)cc2)c2ccc(O)cc2)c(C)c1C. The van der Waals surface area contributed by atoms with Gasteiger partial charge in [-0.3, -0.25) is 0 Å². The first-order valence-electron chi connectivity index (χ1n) is 13.8. The van der Waals surface area contributed by atoms with Crippen molar-refractivity contribution in [1.29, 1.82) is 0 Å². The van der Waals surface area contributed by atoms with Crippen LogP contribution in [0.25, 0.3) is 0 Å². The molecule has 0 saturated carbocycles. The minimum absolute atomic E-state index is 0.106. The van der Waals surface area contributed by atoms with Crippen LogP contribution in [0.4, 0.5) is 0 Å². The molecule has 1 atom stereocenters. The van der Waals surface area contributed by atoms with Crippen LogP contribution in [0.5, 0.6) is 23.0 Å². The highest BCUT2D eigenvalue weighted by Crippen LogP contribution is 2.45. The first-order valence-corrected chi connectivity index (χ1v) is 13.8. The van der Waals surface area contributed by atoms with E-state index in [-0.39, 0.29) is 34.8 Å². The van der Waals surface area contributed by atoms with Gasteiger partial charge in [0.1, 0.15) is 23.0 Å². The summed E-state index contributed by atoms with van der Waals surface area (Å²) in [6.45, 7) is 10.7. The van der Waals surface area contributed by atoms with E-state index in [1.807, 2.05) is 49.4 Å². The Balaban J connectivity index is 1.79. The fourth-order valence-electron chi connectivity index (χ4n) is 6.25. The molecule has 0 radical (unpaired) electrons. The Morgan fingerprint density at radius 2 is 0.707 bits per heavy atom. The highest BCUT2D eigenvalue weighted by Gasteiger charge is 2.29. The maximum absolute atomic E-state index is 10.2. The van der Waals surface area contributed by atoms with Gasteiger partial charge in [0.25, 0.3) is 0 Å². The van der Waals surface area contributed by atoms with E-state index < -0.39 is 0 Å². The van der Waals surface area contributed by atoms with E-state index in [4.69, 9.17) is 0 Å². The van der Waals surface area contributed by atoms with Crippen molar-refractivity contribution < 1.29 is 20.4 Å². The Hall–Kier alpha value is -4.70. The predicted octanol–water partition coefficient (Wildman–Crippen LogP) is 8.41. The van der Waals surface area contributed by atoms with E-state index in [0.29, 0.717) is 0 Å². The molecule has 5 rings (SSSR count). The number of hydrogen-bond acceptors (Lipinski definition) is 4. The standard InChI is InChI=1S/C37H36O4/c1-21-20-32(41)18-19-33(21)37(28-10-16-31(40)17-11-28)35-24(4)22(2)34(23(3)25(35)5)36(26-6-12-29(38)13-7-26)27-8-14-30(39)15-9-27/h6-20,36-41H,1-5H3. The van der Waals surface area contributed by atoms with Crippen molar-refractivity contribution in [2.45, 2.75) is 46.5 Å². The molecule has 0 bridgehead atoms. The number of phenolic OH excluding ortho intramolecular Hbond substituents is 4. The molecule has 4 heteroatoms. The molecule has 0 heterocycles. The number of phenols is 4. The van der Waals surface area contributed by atoms with Gasteiger partial charge in [0.15, 0.2) is 0 Å². The van der Waals surface area contributed by atoms with Gasteiger partial charge in [0.05, 0.1) is 0 Å². The lowest BCUT2D eigenvalue weighted by molar-refractivity contribution is 0.474. The minimum Gasteiger partial charge on any atom is -0.508 e. The summed E-state index contributed by atoms with van der Waals surface area (Å²) in [6, 6.07) is 27.6. The van der Waals surface area contributed by atoms with E-state index in [2.05, 4.69) is 27.7 Å². The summed E-state index contributed by atoms with van der Waals surface area (Å²) in [4.78, 5) is 0. The Kier molecular flexibility index (Phi) is 7.51. The number of aromatic hydroxyl groups is 4. The molecule has 5 aromatic carbocycles. The van der Waals surface area contributed by atoms with Crippen LogP contribution in [0.15, 0.2) is 91.0 Å². The molecule has 5 aromatic rings. The summed E-state index contributed by atoms with van der Waals surface area (Å²) in [6.07, 6.45) is 0. The molecule has 0 aromatic heterocycles. The van der Waals surface area contributed by atoms with Gasteiger partial charge in [-0.2, -0.15) is 0 Å². The van der Waals surface area contributed by atoms with Crippen LogP contribution in [0.1, 0.15) is 73.0 Å². The van der Waals surface area contributed by atoms with E-state index >= 15 is 0 Å². The monoisotopic (exact) mass is 544 g/mol. The molecule has 0 aliphatic carbocycles. The van der Waals surface area contributed by atoms with Crippen molar-refractivity contribution in [3.63, 3.8) is 0 Å². The number of hydrogen-bond donors (Lipinski definition) is 4. The third-order valence-electron chi connectivity index (χ3n) is 8.56. The predicted molar refractivity (Wildman–Crippen MR) is 164 cm³/mol. The minimum atomic E-state index is -0.108. The van der Waals surface area contributed by atoms with Crippen molar-refractivity contribution in [2.75, 3.05) is 0 Å². The van der Waals surface area contributed by atoms with Gasteiger partial charge in [-0.25, -0.2) is 0 Å². The molecule has 0 spiro atoms. The molecule has 0 fully saturated rings. The topological polar surface area (TPSA) is 80.9 Å². The zero-order valence-corrected chi connectivity index (χ0v) is 24.1. The second-order valence-electron chi connectivity index (χ2n) is 11.0. The lowest BCUT2D eigenvalue weighted by atomic mass is 9.72. The van der Waals surface area contributed by atoms with E-state index in [0.717, 1.165) is 27.8 Å². The van der Waals surface area contributed by atoms with Crippen molar-refractivity contribution in [3.8, 4) is 23.0 Å². The van der Waals surface area contributed by atoms with Gasteiger partial charge in [0.2, 0.25) is 0 Å². The molecule has 0 aliphatic rings. The van der Waals surface area contributed by atoms with E-state index in [1.165, 1.54) is 33.4 Å². The normalized spacial score (nSPS) is 12.0. The summed E-state index contributed by atoms with van der Waals surface area (Å²) in [5.41, 5.74) is 12.4. The van der Waals surface area contributed by atoms with Gasteiger partial charge in [-0.15, -0.1) is 0 Å². The van der Waals surface area contributed by atoms with Crippen LogP contribution in [-0.2, 0) is 0 Å². The van der Waals surface area contributed by atoms with Crippen LogP contribution in [0.3, 0.4) is 0 Å². The molecular weight excluding hydrogens is 508 g/mol. The third kappa shape index (κ3) is 5.26. The molecule has 4 nitrogen and oxygen atoms in total. The van der Waals surface area contributed by atoms with E-state index in [9.17, 15) is 20.4 Å². The maximum Gasteiger partial charge on any atom is 0.115 e. The molecular formula is C37H36O4. The molecule has 0 saturated heterocycles. The van der Waals surface area contributed by atoms with Gasteiger partial charge < -0.3 is 20.4 Å². The summed E-state index contributed by atoms with van der Waals surface area (Å²) < 4.78 is 0. The van der Waals surface area contributed by atoms with Crippen LogP contribution in [0, 0.1) is 34.6 Å². The third-order valence-corrected chi connectivity index (χ3v) is 8.56. The smallest absolute Gasteiger partial charge is 0.115 e. The average molecular weight is 545 g/mol. The zero-order valence-electron chi connectivity index (χ0n) is 24.1.